The van der Waals surface area contributed by atoms with Crippen molar-refractivity contribution in [2.75, 3.05) is 7.11 Å². The molecule has 0 aliphatic rings. The predicted molar refractivity (Wildman–Crippen MR) is 83.3 cm³/mol. The average molecular weight is 285 g/mol. The lowest BCUT2D eigenvalue weighted by Gasteiger charge is -2.23. The normalized spacial score (nSPS) is 12.9. The summed E-state index contributed by atoms with van der Waals surface area (Å²) in [5, 5.41) is 11.5. The fourth-order valence-electron chi connectivity index (χ4n) is 2.14. The molecule has 3 nitrogen and oxygen atoms in total. The summed E-state index contributed by atoms with van der Waals surface area (Å²) in [6.07, 6.45) is -0.530. The number of ether oxygens (including phenoxy) is 1. The number of fused-ring (bicyclic) bond motifs is 1. The summed E-state index contributed by atoms with van der Waals surface area (Å²) in [4.78, 5) is 0. The van der Waals surface area contributed by atoms with Crippen LogP contribution in [0.4, 0.5) is 0 Å². The summed E-state index contributed by atoms with van der Waals surface area (Å²) < 4.78 is 11.3. The second-order valence-corrected chi connectivity index (χ2v) is 10.1. The molecular weight excluding hydrogens is 266 g/mol. The first kappa shape index (κ1) is 14.6. The highest BCUT2D eigenvalue weighted by molar-refractivity contribution is 6.69. The maximum absolute atomic E-state index is 9.44. The summed E-state index contributed by atoms with van der Waals surface area (Å²) in [7, 11) is -0.144. The molecule has 0 fully saturated rings. The first-order valence-corrected chi connectivity index (χ1v) is 9.99. The molecule has 104 valence electrons. The predicted octanol–water partition coefficient (Wildman–Crippen LogP) is 4.26. The minimum Gasteiger partial charge on any atom is -0.497 e. The molecule has 2 aromatic rings. The number of methoxy groups -OCH3 is 1. The Bertz CT molecular complexity index is 656. The van der Waals surface area contributed by atoms with Gasteiger partial charge in [-0.1, -0.05) is 24.3 Å². The Hall–Kier alpha value is -1.83. The number of rotatable bonds is 4. The van der Waals surface area contributed by atoms with Gasteiger partial charge in [0.25, 0.3) is 0 Å². The van der Waals surface area contributed by atoms with Gasteiger partial charge in [-0.2, -0.15) is 5.26 Å². The monoisotopic (exact) mass is 285 g/mol. The molecule has 0 saturated heterocycles. The zero-order valence-electron chi connectivity index (χ0n) is 12.3. The van der Waals surface area contributed by atoms with Crippen molar-refractivity contribution in [2.45, 2.75) is 25.7 Å². The Kier molecular flexibility index (Phi) is 4.12. The molecule has 0 N–H and O–H groups in total. The molecule has 20 heavy (non-hydrogen) atoms. The van der Waals surface area contributed by atoms with E-state index in [2.05, 4.69) is 25.7 Å². The van der Waals surface area contributed by atoms with E-state index in [1.165, 1.54) is 0 Å². The van der Waals surface area contributed by atoms with Gasteiger partial charge in [-0.25, -0.2) is 0 Å². The molecule has 4 heteroatoms. The summed E-state index contributed by atoms with van der Waals surface area (Å²) in [6, 6.07) is 14.1. The smallest absolute Gasteiger partial charge is 0.186 e. The molecule has 2 rings (SSSR count). The van der Waals surface area contributed by atoms with Crippen LogP contribution in [0.3, 0.4) is 0 Å². The van der Waals surface area contributed by atoms with Gasteiger partial charge in [0.05, 0.1) is 13.2 Å². The van der Waals surface area contributed by atoms with Gasteiger partial charge in [-0.05, 0) is 42.5 Å². The van der Waals surface area contributed by atoms with Gasteiger partial charge in [-0.3, -0.25) is 0 Å². The number of hydrogen-bond acceptors (Lipinski definition) is 3. The largest absolute Gasteiger partial charge is 0.497 e. The van der Waals surface area contributed by atoms with Crippen LogP contribution in [-0.2, 0) is 4.43 Å². The second-order valence-electron chi connectivity index (χ2n) is 5.67. The van der Waals surface area contributed by atoms with Crippen LogP contribution in [0.5, 0.6) is 5.75 Å². The molecule has 0 saturated carbocycles. The second kappa shape index (κ2) is 5.66. The highest BCUT2D eigenvalue weighted by atomic mass is 28.4. The van der Waals surface area contributed by atoms with E-state index >= 15 is 0 Å². The molecule has 0 bridgehead atoms. The molecule has 0 radical (unpaired) electrons. The maximum Gasteiger partial charge on any atom is 0.186 e. The molecule has 1 atom stereocenters. The minimum atomic E-state index is -1.79. The SMILES string of the molecule is COc1ccc2cccc(C(C#N)O[Si](C)(C)C)c2c1. The maximum atomic E-state index is 9.44. The van der Waals surface area contributed by atoms with Crippen molar-refractivity contribution in [2.24, 2.45) is 0 Å². The topological polar surface area (TPSA) is 42.2 Å². The summed E-state index contributed by atoms with van der Waals surface area (Å²) in [6.45, 7) is 6.26. The van der Waals surface area contributed by atoms with Gasteiger partial charge in [0.1, 0.15) is 5.75 Å². The summed E-state index contributed by atoms with van der Waals surface area (Å²) in [5.41, 5.74) is 0.909. The van der Waals surface area contributed by atoms with E-state index < -0.39 is 14.4 Å². The third-order valence-electron chi connectivity index (χ3n) is 2.99. The quantitative estimate of drug-likeness (QED) is 0.788. The third kappa shape index (κ3) is 3.19. The van der Waals surface area contributed by atoms with Crippen molar-refractivity contribution >= 4 is 19.1 Å². The van der Waals surface area contributed by atoms with Gasteiger partial charge in [-0.15, -0.1) is 0 Å². The Morgan fingerprint density at radius 3 is 2.50 bits per heavy atom. The van der Waals surface area contributed by atoms with Crippen LogP contribution in [0.25, 0.3) is 10.8 Å². The van der Waals surface area contributed by atoms with Crippen LogP contribution in [0.2, 0.25) is 19.6 Å². The van der Waals surface area contributed by atoms with Gasteiger partial charge in [0, 0.05) is 5.56 Å². The standard InChI is InChI=1S/C16H19NO2Si/c1-18-13-9-8-12-6-5-7-14(15(12)10-13)16(11-17)19-20(2,3)4/h5-10,16H,1-4H3. The summed E-state index contributed by atoms with van der Waals surface area (Å²) >= 11 is 0. The van der Waals surface area contributed by atoms with Crippen LogP contribution in [0.15, 0.2) is 36.4 Å². The zero-order chi connectivity index (χ0) is 14.8. The van der Waals surface area contributed by atoms with Crippen LogP contribution in [-0.4, -0.2) is 15.4 Å². The van der Waals surface area contributed by atoms with Crippen molar-refractivity contribution < 1.29 is 9.16 Å². The van der Waals surface area contributed by atoms with Crippen molar-refractivity contribution in [3.63, 3.8) is 0 Å². The van der Waals surface area contributed by atoms with E-state index in [1.807, 2.05) is 36.4 Å². The number of nitriles is 1. The highest BCUT2D eigenvalue weighted by Gasteiger charge is 2.23. The Morgan fingerprint density at radius 2 is 1.90 bits per heavy atom. The van der Waals surface area contributed by atoms with Crippen molar-refractivity contribution in [3.05, 3.63) is 42.0 Å². The molecule has 0 aliphatic heterocycles. The lowest BCUT2D eigenvalue weighted by molar-refractivity contribution is 0.256. The van der Waals surface area contributed by atoms with Crippen molar-refractivity contribution in [3.8, 4) is 11.8 Å². The van der Waals surface area contributed by atoms with Crippen LogP contribution < -0.4 is 4.74 Å². The number of nitrogens with zero attached hydrogens (tertiary/aromatic N) is 1. The molecule has 0 heterocycles. The third-order valence-corrected chi connectivity index (χ3v) is 3.94. The fraction of sp³-hybridized carbons (Fsp3) is 0.312. The van der Waals surface area contributed by atoms with Crippen molar-refractivity contribution in [1.29, 1.82) is 5.26 Å². The Labute approximate surface area is 120 Å². The van der Waals surface area contributed by atoms with Crippen LogP contribution in [0, 0.1) is 11.3 Å². The first-order chi connectivity index (χ1) is 9.44. The average Bonchev–Trinajstić information content (AvgIpc) is 2.42. The van der Waals surface area contributed by atoms with E-state index in [0.717, 1.165) is 22.1 Å². The first-order valence-electron chi connectivity index (χ1n) is 6.59. The zero-order valence-corrected chi connectivity index (χ0v) is 13.3. The Morgan fingerprint density at radius 1 is 1.15 bits per heavy atom. The molecule has 0 spiro atoms. The van der Waals surface area contributed by atoms with E-state index in [4.69, 9.17) is 9.16 Å². The van der Waals surface area contributed by atoms with Gasteiger partial charge in [0.2, 0.25) is 0 Å². The highest BCUT2D eigenvalue weighted by Crippen LogP contribution is 2.31. The van der Waals surface area contributed by atoms with E-state index in [1.54, 1.807) is 7.11 Å². The molecular formula is C16H19NO2Si. The van der Waals surface area contributed by atoms with Crippen molar-refractivity contribution in [1.82, 2.24) is 0 Å². The van der Waals surface area contributed by atoms with Gasteiger partial charge < -0.3 is 9.16 Å². The molecule has 2 aromatic carbocycles. The van der Waals surface area contributed by atoms with E-state index in [-0.39, 0.29) is 0 Å². The van der Waals surface area contributed by atoms with Gasteiger partial charge in [0.15, 0.2) is 14.4 Å². The lowest BCUT2D eigenvalue weighted by atomic mass is 10.0. The molecule has 0 amide bonds. The number of benzene rings is 2. The van der Waals surface area contributed by atoms with Gasteiger partial charge >= 0.3 is 0 Å². The molecule has 0 aromatic heterocycles. The minimum absolute atomic E-state index is 0.530. The summed E-state index contributed by atoms with van der Waals surface area (Å²) in [5.74, 6) is 0.787. The Balaban J connectivity index is 2.55. The lowest BCUT2D eigenvalue weighted by Crippen LogP contribution is -2.27. The number of hydrogen-bond donors (Lipinski definition) is 0. The van der Waals surface area contributed by atoms with Crippen LogP contribution in [0.1, 0.15) is 11.7 Å². The molecule has 1 unspecified atom stereocenters. The van der Waals surface area contributed by atoms with E-state index in [0.29, 0.717) is 0 Å². The molecule has 0 aliphatic carbocycles. The van der Waals surface area contributed by atoms with Crippen LogP contribution >= 0.6 is 0 Å². The fourth-order valence-corrected chi connectivity index (χ4v) is 3.03. The van der Waals surface area contributed by atoms with E-state index in [9.17, 15) is 5.26 Å².